The molecule has 0 radical (unpaired) electrons. The van der Waals surface area contributed by atoms with Crippen molar-refractivity contribution in [3.05, 3.63) is 57.9 Å². The smallest absolute Gasteiger partial charge is 0.237 e. The minimum absolute atomic E-state index is 0.213. The molecule has 2 aromatic heterocycles. The summed E-state index contributed by atoms with van der Waals surface area (Å²) in [6.45, 7) is 6.23. The highest BCUT2D eigenvalue weighted by molar-refractivity contribution is 7.10. The van der Waals surface area contributed by atoms with E-state index in [9.17, 15) is 4.79 Å². The van der Waals surface area contributed by atoms with Crippen LogP contribution < -0.4 is 0 Å². The van der Waals surface area contributed by atoms with Crippen LogP contribution in [0, 0.1) is 0 Å². The number of aromatic nitrogens is 1. The van der Waals surface area contributed by atoms with Crippen molar-refractivity contribution >= 4 is 28.1 Å². The van der Waals surface area contributed by atoms with Crippen LogP contribution in [-0.4, -0.2) is 78.6 Å². The van der Waals surface area contributed by atoms with Gasteiger partial charge in [-0.1, -0.05) is 24.3 Å². The molecule has 2 aliphatic rings. The van der Waals surface area contributed by atoms with Crippen LogP contribution in [0.4, 0.5) is 0 Å². The van der Waals surface area contributed by atoms with Gasteiger partial charge in [-0.05, 0) is 24.6 Å². The second kappa shape index (κ2) is 9.12. The van der Waals surface area contributed by atoms with Gasteiger partial charge < -0.3 is 14.6 Å². The summed E-state index contributed by atoms with van der Waals surface area (Å²) >= 11 is 1.80. The van der Waals surface area contributed by atoms with E-state index in [2.05, 4.69) is 63.6 Å². The number of carbonyl (C=O) groups is 1. The number of rotatable bonds is 6. The lowest BCUT2D eigenvalue weighted by Crippen LogP contribution is -2.46. The molecule has 0 saturated carbocycles. The van der Waals surface area contributed by atoms with Crippen LogP contribution in [0.2, 0.25) is 0 Å². The van der Waals surface area contributed by atoms with Crippen molar-refractivity contribution in [2.75, 3.05) is 53.0 Å². The second-order valence-corrected chi connectivity index (χ2v) is 9.55. The molecular weight excluding hydrogens is 408 g/mol. The average molecular weight is 439 g/mol. The number of aromatic amines is 1. The van der Waals surface area contributed by atoms with Gasteiger partial charge in [0.05, 0.1) is 25.8 Å². The van der Waals surface area contributed by atoms with E-state index in [1.807, 2.05) is 4.90 Å². The fraction of sp³-hybridized carbons (Fsp3) is 0.458. The molecule has 1 amide bonds. The maximum Gasteiger partial charge on any atom is 0.237 e. The van der Waals surface area contributed by atoms with Crippen molar-refractivity contribution in [3.63, 3.8) is 0 Å². The Hall–Kier alpha value is -2.19. The number of nitrogens with one attached hydrogen (secondary N) is 1. The van der Waals surface area contributed by atoms with Gasteiger partial charge >= 0.3 is 0 Å². The first-order valence-corrected chi connectivity index (χ1v) is 12.0. The number of thiophene rings is 1. The topological polar surface area (TPSA) is 51.8 Å². The van der Waals surface area contributed by atoms with Crippen molar-refractivity contribution in [1.29, 1.82) is 0 Å². The summed E-state index contributed by atoms with van der Waals surface area (Å²) in [7, 11) is 2.07. The fourth-order valence-corrected chi connectivity index (χ4v) is 5.68. The number of hydrogen-bond donors (Lipinski definition) is 1. The molecule has 6 nitrogen and oxygen atoms in total. The maximum absolute atomic E-state index is 13.2. The fourth-order valence-electron chi connectivity index (χ4n) is 4.83. The molecule has 1 aromatic carbocycles. The molecule has 0 bridgehead atoms. The molecule has 31 heavy (non-hydrogen) atoms. The van der Waals surface area contributed by atoms with Crippen molar-refractivity contribution in [2.24, 2.45) is 0 Å². The summed E-state index contributed by atoms with van der Waals surface area (Å²) in [5.41, 5.74) is 3.73. The number of likely N-dealkylation sites (N-methyl/N-ethyl adjacent to an activating group) is 1. The molecule has 1 saturated heterocycles. The molecular formula is C24H30N4O2S. The number of fused-ring (bicyclic) bond motifs is 3. The summed E-state index contributed by atoms with van der Waals surface area (Å²) in [6.07, 6.45) is 0.894. The minimum atomic E-state index is 0.213. The van der Waals surface area contributed by atoms with E-state index in [1.165, 1.54) is 27.0 Å². The van der Waals surface area contributed by atoms with Crippen LogP contribution >= 0.6 is 11.3 Å². The largest absolute Gasteiger partial charge is 0.379 e. The highest BCUT2D eigenvalue weighted by Gasteiger charge is 2.28. The zero-order valence-electron chi connectivity index (χ0n) is 18.0. The Bertz CT molecular complexity index is 1030. The quantitative estimate of drug-likeness (QED) is 0.643. The van der Waals surface area contributed by atoms with Crippen LogP contribution in [0.1, 0.15) is 22.2 Å². The molecule has 164 valence electrons. The molecule has 1 N–H and O–H groups in total. The standard InChI is InChI=1S/C24H30N4O2S/c1-26(16-22(23-7-4-14-31-23)27-10-12-30-13-11-27)17-24(29)28-9-8-21-19(15-28)18-5-2-3-6-20(18)25-21/h2-7,14,22,25H,8-13,15-17H2,1H3. The third-order valence-corrected chi connectivity index (χ3v) is 7.46. The monoisotopic (exact) mass is 438 g/mol. The number of H-pyrrole nitrogens is 1. The van der Waals surface area contributed by atoms with Crippen LogP contribution in [0.3, 0.4) is 0 Å². The first kappa shape index (κ1) is 20.7. The average Bonchev–Trinajstić information content (AvgIpc) is 3.45. The lowest BCUT2D eigenvalue weighted by atomic mass is 10.0. The number of morpholine rings is 1. The maximum atomic E-state index is 13.2. The SMILES string of the molecule is CN(CC(=O)N1CCc2[nH]c3ccccc3c2C1)CC(c1cccs1)N1CCOCC1. The second-order valence-electron chi connectivity index (χ2n) is 8.57. The third kappa shape index (κ3) is 4.41. The van der Waals surface area contributed by atoms with Gasteiger partial charge in [-0.25, -0.2) is 0 Å². The minimum Gasteiger partial charge on any atom is -0.379 e. The van der Waals surface area contributed by atoms with E-state index >= 15 is 0 Å². The summed E-state index contributed by atoms with van der Waals surface area (Å²) < 4.78 is 5.55. The van der Waals surface area contributed by atoms with Gasteiger partial charge in [-0.15, -0.1) is 11.3 Å². The molecule has 1 fully saturated rings. The normalized spacial score (nSPS) is 18.5. The molecule has 5 rings (SSSR count). The summed E-state index contributed by atoms with van der Waals surface area (Å²) in [4.78, 5) is 24.8. The van der Waals surface area contributed by atoms with E-state index in [1.54, 1.807) is 11.3 Å². The van der Waals surface area contributed by atoms with Gasteiger partial charge in [0.25, 0.3) is 0 Å². The lowest BCUT2D eigenvalue weighted by molar-refractivity contribution is -0.133. The molecule has 7 heteroatoms. The number of hydrogen-bond acceptors (Lipinski definition) is 5. The van der Waals surface area contributed by atoms with Gasteiger partial charge in [0, 0.05) is 66.2 Å². The van der Waals surface area contributed by atoms with E-state index in [0.29, 0.717) is 19.1 Å². The number of nitrogens with zero attached hydrogens (tertiary/aromatic N) is 3. The number of benzene rings is 1. The third-order valence-electron chi connectivity index (χ3n) is 6.48. The Labute approximate surface area is 187 Å². The van der Waals surface area contributed by atoms with Gasteiger partial charge in [-0.3, -0.25) is 14.6 Å². The molecule has 2 aliphatic heterocycles. The van der Waals surface area contributed by atoms with Gasteiger partial charge in [-0.2, -0.15) is 0 Å². The Morgan fingerprint density at radius 3 is 2.84 bits per heavy atom. The number of ether oxygens (including phenoxy) is 1. The molecule has 1 unspecified atom stereocenters. The number of para-hydroxylation sites is 1. The lowest BCUT2D eigenvalue weighted by Gasteiger charge is -2.36. The number of amides is 1. The highest BCUT2D eigenvalue weighted by Crippen LogP contribution is 2.29. The van der Waals surface area contributed by atoms with Gasteiger partial charge in [0.15, 0.2) is 0 Å². The number of carbonyl (C=O) groups excluding carboxylic acids is 1. The summed E-state index contributed by atoms with van der Waals surface area (Å²) in [6, 6.07) is 13.0. The molecule has 1 atom stereocenters. The van der Waals surface area contributed by atoms with Crippen LogP contribution in [0.5, 0.6) is 0 Å². The van der Waals surface area contributed by atoms with Crippen molar-refractivity contribution in [3.8, 4) is 0 Å². The zero-order valence-corrected chi connectivity index (χ0v) is 18.9. The predicted octanol–water partition coefficient (Wildman–Crippen LogP) is 3.12. The van der Waals surface area contributed by atoms with Crippen molar-refractivity contribution in [2.45, 2.75) is 19.0 Å². The molecule has 3 aromatic rings. The van der Waals surface area contributed by atoms with Gasteiger partial charge in [0.2, 0.25) is 5.91 Å². The van der Waals surface area contributed by atoms with Crippen molar-refractivity contribution in [1.82, 2.24) is 19.7 Å². The predicted molar refractivity (Wildman–Crippen MR) is 124 cm³/mol. The van der Waals surface area contributed by atoms with Crippen LogP contribution in [0.15, 0.2) is 41.8 Å². The zero-order chi connectivity index (χ0) is 21.2. The van der Waals surface area contributed by atoms with E-state index < -0.39 is 0 Å². The Kier molecular flexibility index (Phi) is 6.09. The first-order chi connectivity index (χ1) is 15.2. The Balaban J connectivity index is 1.24. The molecule has 0 aliphatic carbocycles. The molecule has 4 heterocycles. The van der Waals surface area contributed by atoms with Gasteiger partial charge in [0.1, 0.15) is 0 Å². The Morgan fingerprint density at radius 1 is 1.19 bits per heavy atom. The van der Waals surface area contributed by atoms with Crippen molar-refractivity contribution < 1.29 is 9.53 Å². The summed E-state index contributed by atoms with van der Waals surface area (Å²) in [5, 5.41) is 3.38. The molecule has 0 spiro atoms. The van der Waals surface area contributed by atoms with Crippen LogP contribution in [0.25, 0.3) is 10.9 Å². The van der Waals surface area contributed by atoms with Crippen LogP contribution in [-0.2, 0) is 22.5 Å². The summed E-state index contributed by atoms with van der Waals surface area (Å²) in [5.74, 6) is 0.213. The van der Waals surface area contributed by atoms with E-state index in [-0.39, 0.29) is 5.91 Å². The van der Waals surface area contributed by atoms with E-state index in [0.717, 1.165) is 45.8 Å². The van der Waals surface area contributed by atoms with E-state index in [4.69, 9.17) is 4.74 Å². The first-order valence-electron chi connectivity index (χ1n) is 11.1. The Morgan fingerprint density at radius 2 is 2.03 bits per heavy atom. The highest BCUT2D eigenvalue weighted by atomic mass is 32.1.